The maximum Gasteiger partial charge on any atom is 0.268 e. The molecule has 0 bridgehead atoms. The van der Waals surface area contributed by atoms with Gasteiger partial charge < -0.3 is 19.8 Å². The van der Waals surface area contributed by atoms with Crippen molar-refractivity contribution in [2.24, 2.45) is 0 Å². The lowest BCUT2D eigenvalue weighted by Crippen LogP contribution is -2.41. The minimum atomic E-state index is -0.435. The normalized spacial score (nSPS) is 12.1. The number of furan rings is 1. The Morgan fingerprint density at radius 3 is 2.43 bits per heavy atom. The zero-order chi connectivity index (χ0) is 21.3. The van der Waals surface area contributed by atoms with Gasteiger partial charge in [-0.3, -0.25) is 9.59 Å². The van der Waals surface area contributed by atoms with Crippen LogP contribution in [0.5, 0.6) is 5.75 Å². The number of hydrogen-bond acceptors (Lipinski definition) is 4. The molecule has 1 atom stereocenters. The number of aryl methyl sites for hydroxylation is 1. The van der Waals surface area contributed by atoms with Crippen LogP contribution in [-0.2, 0) is 4.79 Å². The average Bonchev–Trinajstić information content (AvgIpc) is 3.26. The SMILES string of the molecule is Cc1ccc(OCC(C)NC(=O)/C(=C/c2ccco2)NC(=O)c2ccccc2)cc1. The highest BCUT2D eigenvalue weighted by Gasteiger charge is 2.17. The van der Waals surface area contributed by atoms with Gasteiger partial charge in [-0.05, 0) is 50.2 Å². The van der Waals surface area contributed by atoms with Gasteiger partial charge in [0.25, 0.3) is 11.8 Å². The van der Waals surface area contributed by atoms with Gasteiger partial charge in [0.2, 0.25) is 0 Å². The fourth-order valence-electron chi connectivity index (χ4n) is 2.66. The second-order valence-corrected chi connectivity index (χ2v) is 6.89. The van der Waals surface area contributed by atoms with Crippen LogP contribution in [0.2, 0.25) is 0 Å². The third-order valence-corrected chi connectivity index (χ3v) is 4.26. The summed E-state index contributed by atoms with van der Waals surface area (Å²) in [4.78, 5) is 25.3. The summed E-state index contributed by atoms with van der Waals surface area (Å²) in [6.45, 7) is 4.12. The summed E-state index contributed by atoms with van der Waals surface area (Å²) in [6, 6.07) is 19.5. The molecule has 1 aromatic heterocycles. The van der Waals surface area contributed by atoms with Crippen molar-refractivity contribution in [1.82, 2.24) is 10.6 Å². The van der Waals surface area contributed by atoms with Gasteiger partial charge in [0.05, 0.1) is 12.3 Å². The average molecular weight is 404 g/mol. The number of amides is 2. The van der Waals surface area contributed by atoms with Crippen molar-refractivity contribution in [1.29, 1.82) is 0 Å². The molecule has 2 N–H and O–H groups in total. The molecule has 0 aliphatic heterocycles. The van der Waals surface area contributed by atoms with Crippen LogP contribution >= 0.6 is 0 Å². The maximum atomic E-state index is 12.8. The van der Waals surface area contributed by atoms with Gasteiger partial charge in [-0.2, -0.15) is 0 Å². The molecule has 0 aliphatic carbocycles. The van der Waals surface area contributed by atoms with Crippen molar-refractivity contribution >= 4 is 17.9 Å². The molecule has 6 heteroatoms. The number of benzene rings is 2. The Hall–Kier alpha value is -3.80. The van der Waals surface area contributed by atoms with Crippen LogP contribution in [0.25, 0.3) is 6.08 Å². The Bertz CT molecular complexity index is 993. The molecule has 154 valence electrons. The van der Waals surface area contributed by atoms with Crippen molar-refractivity contribution in [2.75, 3.05) is 6.61 Å². The first-order chi connectivity index (χ1) is 14.5. The fraction of sp³-hybridized carbons (Fsp3) is 0.167. The lowest BCUT2D eigenvalue weighted by Gasteiger charge is -2.17. The molecule has 2 aromatic carbocycles. The van der Waals surface area contributed by atoms with E-state index in [0.717, 1.165) is 11.3 Å². The van der Waals surface area contributed by atoms with E-state index in [0.29, 0.717) is 11.3 Å². The topological polar surface area (TPSA) is 80.6 Å². The van der Waals surface area contributed by atoms with E-state index in [1.807, 2.05) is 44.2 Å². The van der Waals surface area contributed by atoms with Gasteiger partial charge in [-0.25, -0.2) is 0 Å². The molecule has 1 unspecified atom stereocenters. The number of nitrogens with one attached hydrogen (secondary N) is 2. The molecule has 0 radical (unpaired) electrons. The quantitative estimate of drug-likeness (QED) is 0.557. The summed E-state index contributed by atoms with van der Waals surface area (Å²) >= 11 is 0. The van der Waals surface area contributed by atoms with Gasteiger partial charge in [0.15, 0.2) is 0 Å². The van der Waals surface area contributed by atoms with Crippen molar-refractivity contribution in [3.63, 3.8) is 0 Å². The summed E-state index contributed by atoms with van der Waals surface area (Å²) in [5.41, 5.74) is 1.68. The predicted octanol–water partition coefficient (Wildman–Crippen LogP) is 3.94. The Labute approximate surface area is 175 Å². The number of ether oxygens (including phenoxy) is 1. The molecule has 6 nitrogen and oxygen atoms in total. The monoisotopic (exact) mass is 404 g/mol. The van der Waals surface area contributed by atoms with E-state index >= 15 is 0 Å². The Morgan fingerprint density at radius 2 is 1.77 bits per heavy atom. The van der Waals surface area contributed by atoms with Crippen LogP contribution in [0.4, 0.5) is 0 Å². The van der Waals surface area contributed by atoms with Gasteiger partial charge in [-0.15, -0.1) is 0 Å². The van der Waals surface area contributed by atoms with Crippen molar-refractivity contribution in [3.05, 3.63) is 95.6 Å². The summed E-state index contributed by atoms with van der Waals surface area (Å²) < 4.78 is 11.0. The molecule has 3 rings (SSSR count). The van der Waals surface area contributed by atoms with Crippen LogP contribution < -0.4 is 15.4 Å². The fourth-order valence-corrected chi connectivity index (χ4v) is 2.66. The molecule has 1 heterocycles. The minimum absolute atomic E-state index is 0.0842. The standard InChI is InChI=1S/C24H24N2O4/c1-17-10-12-20(13-11-17)30-16-18(2)25-24(28)22(15-21-9-6-14-29-21)26-23(27)19-7-4-3-5-8-19/h3-15,18H,16H2,1-2H3,(H,25,28)(H,26,27)/b22-15-. The Morgan fingerprint density at radius 1 is 1.03 bits per heavy atom. The van der Waals surface area contributed by atoms with Crippen molar-refractivity contribution < 1.29 is 18.7 Å². The van der Waals surface area contributed by atoms with E-state index in [4.69, 9.17) is 9.15 Å². The lowest BCUT2D eigenvalue weighted by atomic mass is 10.2. The molecular formula is C24H24N2O4. The number of rotatable bonds is 8. The van der Waals surface area contributed by atoms with Gasteiger partial charge >= 0.3 is 0 Å². The molecule has 0 saturated heterocycles. The Kier molecular flexibility index (Phi) is 7.05. The molecule has 2 amide bonds. The number of hydrogen-bond donors (Lipinski definition) is 2. The molecule has 30 heavy (non-hydrogen) atoms. The van der Waals surface area contributed by atoms with E-state index in [1.54, 1.807) is 36.4 Å². The first-order valence-corrected chi connectivity index (χ1v) is 9.63. The smallest absolute Gasteiger partial charge is 0.268 e. The molecule has 0 fully saturated rings. The molecule has 0 saturated carbocycles. The van der Waals surface area contributed by atoms with E-state index in [1.165, 1.54) is 12.3 Å². The van der Waals surface area contributed by atoms with Gasteiger partial charge in [0.1, 0.15) is 23.8 Å². The van der Waals surface area contributed by atoms with Crippen molar-refractivity contribution in [3.8, 4) is 5.75 Å². The van der Waals surface area contributed by atoms with Crippen LogP contribution in [0.1, 0.15) is 28.6 Å². The summed E-state index contributed by atoms with van der Waals surface area (Å²) in [5.74, 6) is 0.366. The van der Waals surface area contributed by atoms with Gasteiger partial charge in [-0.1, -0.05) is 35.9 Å². The van der Waals surface area contributed by atoms with E-state index in [9.17, 15) is 9.59 Å². The highest BCUT2D eigenvalue weighted by molar-refractivity contribution is 6.05. The number of carbonyl (C=O) groups is 2. The molecule has 0 aliphatic rings. The third-order valence-electron chi connectivity index (χ3n) is 4.26. The molecular weight excluding hydrogens is 380 g/mol. The largest absolute Gasteiger partial charge is 0.491 e. The zero-order valence-corrected chi connectivity index (χ0v) is 16.9. The second-order valence-electron chi connectivity index (χ2n) is 6.89. The van der Waals surface area contributed by atoms with Crippen molar-refractivity contribution in [2.45, 2.75) is 19.9 Å². The summed E-state index contributed by atoms with van der Waals surface area (Å²) in [5, 5.41) is 5.51. The highest BCUT2D eigenvalue weighted by Crippen LogP contribution is 2.12. The van der Waals surface area contributed by atoms with Crippen LogP contribution in [-0.4, -0.2) is 24.5 Å². The van der Waals surface area contributed by atoms with Crippen LogP contribution in [0, 0.1) is 6.92 Å². The molecule has 0 spiro atoms. The minimum Gasteiger partial charge on any atom is -0.491 e. The Balaban J connectivity index is 1.65. The maximum absolute atomic E-state index is 12.8. The van der Waals surface area contributed by atoms with E-state index in [-0.39, 0.29) is 24.3 Å². The first-order valence-electron chi connectivity index (χ1n) is 9.63. The lowest BCUT2D eigenvalue weighted by molar-refractivity contribution is -0.118. The van der Waals surface area contributed by atoms with E-state index < -0.39 is 5.91 Å². The molecule has 3 aromatic rings. The predicted molar refractivity (Wildman–Crippen MR) is 115 cm³/mol. The third kappa shape index (κ3) is 6.10. The van der Waals surface area contributed by atoms with Crippen LogP contribution in [0.3, 0.4) is 0 Å². The van der Waals surface area contributed by atoms with Crippen LogP contribution in [0.15, 0.2) is 83.1 Å². The highest BCUT2D eigenvalue weighted by atomic mass is 16.5. The second kappa shape index (κ2) is 10.1. The first kappa shape index (κ1) is 20.9. The zero-order valence-electron chi connectivity index (χ0n) is 16.9. The van der Waals surface area contributed by atoms with Gasteiger partial charge in [0, 0.05) is 11.6 Å². The summed E-state index contributed by atoms with van der Waals surface area (Å²) in [6.07, 6.45) is 2.99. The summed E-state index contributed by atoms with van der Waals surface area (Å²) in [7, 11) is 0. The number of carbonyl (C=O) groups excluding carboxylic acids is 2. The van der Waals surface area contributed by atoms with E-state index in [2.05, 4.69) is 10.6 Å².